The van der Waals surface area contributed by atoms with Crippen LogP contribution < -0.4 is 4.74 Å². The number of hydrogen-bond acceptors (Lipinski definition) is 5. The molecule has 1 unspecified atom stereocenters. The highest BCUT2D eigenvalue weighted by atomic mass is 16.5. The first-order chi connectivity index (χ1) is 14.0. The van der Waals surface area contributed by atoms with E-state index >= 15 is 0 Å². The number of benzene rings is 1. The topological polar surface area (TPSA) is 63.5 Å². The minimum absolute atomic E-state index is 0.156. The van der Waals surface area contributed by atoms with Crippen molar-refractivity contribution in [1.29, 1.82) is 0 Å². The Bertz CT molecular complexity index is 878. The number of ether oxygens (including phenoxy) is 1. The predicted octanol–water partition coefficient (Wildman–Crippen LogP) is 2.38. The van der Waals surface area contributed by atoms with Gasteiger partial charge in [-0.15, -0.1) is 10.2 Å². The lowest BCUT2D eigenvalue weighted by Gasteiger charge is -2.31. The lowest BCUT2D eigenvalue weighted by molar-refractivity contribution is -0.130. The zero-order chi connectivity index (χ0) is 20.4. The third kappa shape index (κ3) is 4.29. The number of piperidine rings is 1. The first-order valence-corrected chi connectivity index (χ1v) is 10.6. The van der Waals surface area contributed by atoms with E-state index in [1.165, 1.54) is 11.1 Å². The molecule has 0 saturated carbocycles. The van der Waals surface area contributed by atoms with Crippen molar-refractivity contribution in [3.05, 3.63) is 41.0 Å². The van der Waals surface area contributed by atoms with Gasteiger partial charge < -0.3 is 14.2 Å². The molecular formula is C22H31N5O2. The first kappa shape index (κ1) is 19.9. The lowest BCUT2D eigenvalue weighted by atomic mass is 9.97. The quantitative estimate of drug-likeness (QED) is 0.793. The van der Waals surface area contributed by atoms with Crippen molar-refractivity contribution in [2.24, 2.45) is 0 Å². The molecule has 4 rings (SSSR count). The van der Waals surface area contributed by atoms with Crippen molar-refractivity contribution in [3.63, 3.8) is 0 Å². The number of likely N-dealkylation sites (tertiary alicyclic amines) is 1. The van der Waals surface area contributed by atoms with Gasteiger partial charge in [-0.3, -0.25) is 9.69 Å². The molecule has 1 atom stereocenters. The van der Waals surface area contributed by atoms with Crippen LogP contribution in [0.3, 0.4) is 0 Å². The molecule has 0 radical (unpaired) electrons. The Kier molecular flexibility index (Phi) is 5.85. The molecular weight excluding hydrogens is 366 g/mol. The van der Waals surface area contributed by atoms with Crippen LogP contribution in [0.5, 0.6) is 5.75 Å². The molecule has 1 amide bonds. The molecule has 1 fully saturated rings. The van der Waals surface area contributed by atoms with Crippen LogP contribution in [-0.2, 0) is 24.3 Å². The molecule has 0 aliphatic carbocycles. The average molecular weight is 398 g/mol. The van der Waals surface area contributed by atoms with Gasteiger partial charge in [-0.05, 0) is 31.4 Å². The molecule has 0 bridgehead atoms. The van der Waals surface area contributed by atoms with Crippen molar-refractivity contribution in [2.75, 3.05) is 33.3 Å². The number of amides is 1. The Morgan fingerprint density at radius 1 is 1.21 bits per heavy atom. The van der Waals surface area contributed by atoms with Gasteiger partial charge in [0.1, 0.15) is 17.4 Å². The van der Waals surface area contributed by atoms with Crippen LogP contribution in [0.25, 0.3) is 0 Å². The second kappa shape index (κ2) is 8.53. The highest BCUT2D eigenvalue weighted by molar-refractivity contribution is 5.73. The SMILES string of the molecule is COc1cc(C)ccc1CN1CCc2nnc(C3CCCN(C(C)=O)C3)n2CC1. The molecule has 3 heterocycles. The van der Waals surface area contributed by atoms with Gasteiger partial charge in [0.25, 0.3) is 0 Å². The summed E-state index contributed by atoms with van der Waals surface area (Å²) in [5, 5.41) is 9.05. The molecule has 2 aliphatic rings. The van der Waals surface area contributed by atoms with Gasteiger partial charge in [0.2, 0.25) is 5.91 Å². The van der Waals surface area contributed by atoms with Gasteiger partial charge in [0, 0.05) is 64.1 Å². The van der Waals surface area contributed by atoms with Gasteiger partial charge in [0.05, 0.1) is 7.11 Å². The Hall–Kier alpha value is -2.41. The summed E-state index contributed by atoms with van der Waals surface area (Å²) >= 11 is 0. The molecule has 2 aromatic rings. The van der Waals surface area contributed by atoms with E-state index in [4.69, 9.17) is 4.74 Å². The third-order valence-corrected chi connectivity index (χ3v) is 6.22. The van der Waals surface area contributed by atoms with E-state index in [0.717, 1.165) is 75.9 Å². The van der Waals surface area contributed by atoms with Crippen LogP contribution >= 0.6 is 0 Å². The van der Waals surface area contributed by atoms with E-state index < -0.39 is 0 Å². The fourth-order valence-electron chi connectivity index (χ4n) is 4.55. The molecule has 1 aromatic carbocycles. The van der Waals surface area contributed by atoms with E-state index in [1.54, 1.807) is 14.0 Å². The number of aromatic nitrogens is 3. The van der Waals surface area contributed by atoms with Crippen LogP contribution in [-0.4, -0.2) is 63.8 Å². The van der Waals surface area contributed by atoms with Crippen molar-refractivity contribution in [3.8, 4) is 5.75 Å². The number of fused-ring (bicyclic) bond motifs is 1. The molecule has 7 nitrogen and oxygen atoms in total. The van der Waals surface area contributed by atoms with Crippen molar-refractivity contribution < 1.29 is 9.53 Å². The second-order valence-electron chi connectivity index (χ2n) is 8.27. The van der Waals surface area contributed by atoms with Crippen molar-refractivity contribution >= 4 is 5.91 Å². The summed E-state index contributed by atoms with van der Waals surface area (Å²) in [5.41, 5.74) is 2.43. The average Bonchev–Trinajstić information content (AvgIpc) is 3.03. The van der Waals surface area contributed by atoms with Gasteiger partial charge in [-0.1, -0.05) is 12.1 Å². The molecule has 156 valence electrons. The zero-order valence-electron chi connectivity index (χ0n) is 17.7. The molecule has 29 heavy (non-hydrogen) atoms. The van der Waals surface area contributed by atoms with Crippen LogP contribution in [0, 0.1) is 6.92 Å². The Labute approximate surface area is 172 Å². The van der Waals surface area contributed by atoms with Gasteiger partial charge in [0.15, 0.2) is 0 Å². The molecule has 2 aliphatic heterocycles. The second-order valence-corrected chi connectivity index (χ2v) is 8.27. The lowest BCUT2D eigenvalue weighted by Crippen LogP contribution is -2.38. The minimum atomic E-state index is 0.156. The fraction of sp³-hybridized carbons (Fsp3) is 0.591. The maximum atomic E-state index is 11.8. The molecule has 0 spiro atoms. The van der Waals surface area contributed by atoms with Crippen LogP contribution in [0.1, 0.15) is 48.5 Å². The normalized spacial score (nSPS) is 20.2. The predicted molar refractivity (Wildman–Crippen MR) is 111 cm³/mol. The number of rotatable bonds is 4. The van der Waals surface area contributed by atoms with Gasteiger partial charge >= 0.3 is 0 Å². The summed E-state index contributed by atoms with van der Waals surface area (Å²) < 4.78 is 7.89. The Balaban J connectivity index is 1.46. The monoisotopic (exact) mass is 397 g/mol. The summed E-state index contributed by atoms with van der Waals surface area (Å²) in [7, 11) is 1.74. The highest BCUT2D eigenvalue weighted by Crippen LogP contribution is 2.28. The Morgan fingerprint density at radius 3 is 2.86 bits per heavy atom. The summed E-state index contributed by atoms with van der Waals surface area (Å²) in [6.07, 6.45) is 3.00. The van der Waals surface area contributed by atoms with Crippen LogP contribution in [0.2, 0.25) is 0 Å². The summed E-state index contributed by atoms with van der Waals surface area (Å²) in [6, 6.07) is 6.42. The van der Waals surface area contributed by atoms with Crippen molar-refractivity contribution in [2.45, 2.75) is 52.1 Å². The van der Waals surface area contributed by atoms with E-state index in [1.807, 2.05) is 4.90 Å². The van der Waals surface area contributed by atoms with Gasteiger partial charge in [-0.25, -0.2) is 0 Å². The van der Waals surface area contributed by atoms with Crippen LogP contribution in [0.4, 0.5) is 0 Å². The molecule has 1 aromatic heterocycles. The molecule has 1 saturated heterocycles. The maximum Gasteiger partial charge on any atom is 0.219 e. The third-order valence-electron chi connectivity index (χ3n) is 6.22. The summed E-state index contributed by atoms with van der Waals surface area (Å²) in [5.74, 6) is 3.53. The number of aryl methyl sites for hydroxylation is 1. The van der Waals surface area contributed by atoms with E-state index in [9.17, 15) is 4.79 Å². The number of carbonyl (C=O) groups excluding carboxylic acids is 1. The summed E-state index contributed by atoms with van der Waals surface area (Å²) in [4.78, 5) is 16.2. The molecule has 7 heteroatoms. The standard InChI is InChI=1S/C22H31N5O2/c1-16-6-7-18(20(13-16)29-3)14-25-10-8-21-23-24-22(27(21)12-11-25)19-5-4-9-26(15-19)17(2)28/h6-7,13,19H,4-5,8-12,14-15H2,1-3H3. The largest absolute Gasteiger partial charge is 0.496 e. The fourth-order valence-corrected chi connectivity index (χ4v) is 4.55. The zero-order valence-corrected chi connectivity index (χ0v) is 17.7. The van der Waals surface area contributed by atoms with Crippen molar-refractivity contribution in [1.82, 2.24) is 24.6 Å². The highest BCUT2D eigenvalue weighted by Gasteiger charge is 2.29. The van der Waals surface area contributed by atoms with Gasteiger partial charge in [-0.2, -0.15) is 0 Å². The van der Waals surface area contributed by atoms with Crippen LogP contribution in [0.15, 0.2) is 18.2 Å². The summed E-state index contributed by atoms with van der Waals surface area (Å²) in [6.45, 7) is 9.05. The van der Waals surface area contributed by atoms with E-state index in [-0.39, 0.29) is 11.8 Å². The minimum Gasteiger partial charge on any atom is -0.496 e. The number of nitrogens with zero attached hydrogens (tertiary/aromatic N) is 5. The maximum absolute atomic E-state index is 11.8. The van der Waals surface area contributed by atoms with E-state index in [0.29, 0.717) is 0 Å². The number of hydrogen-bond donors (Lipinski definition) is 0. The number of carbonyl (C=O) groups is 1. The Morgan fingerprint density at radius 2 is 2.07 bits per heavy atom. The molecule has 0 N–H and O–H groups in total. The number of methoxy groups -OCH3 is 1. The first-order valence-electron chi connectivity index (χ1n) is 10.6. The van der Waals surface area contributed by atoms with E-state index in [2.05, 4.69) is 44.8 Å². The smallest absolute Gasteiger partial charge is 0.219 e.